The number of aromatic nitrogens is 2. The number of amides is 1. The van der Waals surface area contributed by atoms with Crippen molar-refractivity contribution in [2.24, 2.45) is 5.73 Å². The number of hydrogen-bond donors (Lipinski definition) is 1. The molecule has 0 fully saturated rings. The highest BCUT2D eigenvalue weighted by molar-refractivity contribution is 5.91. The minimum atomic E-state index is -0.631. The molecule has 4 nitrogen and oxygen atoms in total. The number of aryl methyl sites for hydroxylation is 1. The van der Waals surface area contributed by atoms with Crippen LogP contribution in [0.15, 0.2) is 30.3 Å². The fraction of sp³-hybridized carbons (Fsp3) is 0.0833. The zero-order chi connectivity index (χ0) is 12.4. The smallest absolute Gasteiger partial charge is 0.267 e. The molecule has 17 heavy (non-hydrogen) atoms. The summed E-state index contributed by atoms with van der Waals surface area (Å²) in [6.07, 6.45) is 0. The van der Waals surface area contributed by atoms with Crippen LogP contribution in [-0.2, 0) is 0 Å². The third kappa shape index (κ3) is 2.44. The van der Waals surface area contributed by atoms with Crippen molar-refractivity contribution in [3.05, 3.63) is 47.7 Å². The van der Waals surface area contributed by atoms with Crippen molar-refractivity contribution in [1.29, 1.82) is 0 Å². The highest BCUT2D eigenvalue weighted by Crippen LogP contribution is 2.18. The van der Waals surface area contributed by atoms with E-state index >= 15 is 0 Å². The van der Waals surface area contributed by atoms with Crippen molar-refractivity contribution in [3.63, 3.8) is 0 Å². The van der Waals surface area contributed by atoms with E-state index < -0.39 is 5.91 Å². The molecule has 2 rings (SSSR count). The Morgan fingerprint density at radius 3 is 2.71 bits per heavy atom. The minimum Gasteiger partial charge on any atom is -0.364 e. The number of nitrogens with zero attached hydrogens (tertiary/aromatic N) is 2. The van der Waals surface area contributed by atoms with E-state index in [1.165, 1.54) is 18.2 Å². The topological polar surface area (TPSA) is 68.9 Å². The van der Waals surface area contributed by atoms with Gasteiger partial charge in [0.15, 0.2) is 0 Å². The van der Waals surface area contributed by atoms with Gasteiger partial charge in [-0.25, -0.2) is 14.4 Å². The molecule has 0 spiro atoms. The van der Waals surface area contributed by atoms with E-state index in [9.17, 15) is 9.18 Å². The SMILES string of the molecule is Cc1nc(C(N)=O)cc(-c2cccc(F)c2)n1. The Hall–Kier alpha value is -2.30. The molecule has 0 bridgehead atoms. The molecule has 0 saturated carbocycles. The number of primary amides is 1. The zero-order valence-electron chi connectivity index (χ0n) is 9.14. The van der Waals surface area contributed by atoms with E-state index in [2.05, 4.69) is 9.97 Å². The molecule has 0 saturated heterocycles. The van der Waals surface area contributed by atoms with Crippen molar-refractivity contribution in [2.45, 2.75) is 6.92 Å². The largest absolute Gasteiger partial charge is 0.364 e. The molecule has 2 aromatic rings. The summed E-state index contributed by atoms with van der Waals surface area (Å²) in [6.45, 7) is 1.65. The highest BCUT2D eigenvalue weighted by atomic mass is 19.1. The van der Waals surface area contributed by atoms with Gasteiger partial charge in [0.05, 0.1) is 5.69 Å². The van der Waals surface area contributed by atoms with Gasteiger partial charge in [-0.05, 0) is 25.1 Å². The van der Waals surface area contributed by atoms with Crippen LogP contribution in [-0.4, -0.2) is 15.9 Å². The maximum Gasteiger partial charge on any atom is 0.267 e. The van der Waals surface area contributed by atoms with Gasteiger partial charge in [-0.1, -0.05) is 12.1 Å². The Morgan fingerprint density at radius 1 is 1.29 bits per heavy atom. The van der Waals surface area contributed by atoms with E-state index in [-0.39, 0.29) is 11.5 Å². The predicted molar refractivity (Wildman–Crippen MR) is 60.7 cm³/mol. The molecule has 1 aromatic heterocycles. The van der Waals surface area contributed by atoms with Gasteiger partial charge in [-0.15, -0.1) is 0 Å². The first-order chi connectivity index (χ1) is 8.06. The Morgan fingerprint density at radius 2 is 2.06 bits per heavy atom. The van der Waals surface area contributed by atoms with Crippen LogP contribution in [0.4, 0.5) is 4.39 Å². The molecule has 2 N–H and O–H groups in total. The third-order valence-corrected chi connectivity index (χ3v) is 2.21. The summed E-state index contributed by atoms with van der Waals surface area (Å²) >= 11 is 0. The van der Waals surface area contributed by atoms with Gasteiger partial charge < -0.3 is 5.73 Å². The molecule has 0 aliphatic heterocycles. The predicted octanol–water partition coefficient (Wildman–Crippen LogP) is 1.69. The normalized spacial score (nSPS) is 10.2. The van der Waals surface area contributed by atoms with E-state index in [0.29, 0.717) is 17.1 Å². The first-order valence-corrected chi connectivity index (χ1v) is 4.97. The number of benzene rings is 1. The number of carbonyl (C=O) groups excluding carboxylic acids is 1. The van der Waals surface area contributed by atoms with Crippen molar-refractivity contribution < 1.29 is 9.18 Å². The molecule has 1 aromatic carbocycles. The van der Waals surface area contributed by atoms with Gasteiger partial charge in [-0.2, -0.15) is 0 Å². The van der Waals surface area contributed by atoms with E-state index in [1.807, 2.05) is 0 Å². The molecule has 5 heteroatoms. The van der Waals surface area contributed by atoms with Crippen LogP contribution >= 0.6 is 0 Å². The average molecular weight is 231 g/mol. The number of carbonyl (C=O) groups is 1. The quantitative estimate of drug-likeness (QED) is 0.855. The summed E-state index contributed by atoms with van der Waals surface area (Å²) in [6, 6.07) is 7.41. The fourth-order valence-corrected chi connectivity index (χ4v) is 1.49. The lowest BCUT2D eigenvalue weighted by Gasteiger charge is -2.04. The number of rotatable bonds is 2. The Bertz CT molecular complexity index is 584. The average Bonchev–Trinajstić information content (AvgIpc) is 2.28. The number of nitrogens with two attached hydrogens (primary N) is 1. The molecule has 1 amide bonds. The number of hydrogen-bond acceptors (Lipinski definition) is 3. The molecular weight excluding hydrogens is 221 g/mol. The minimum absolute atomic E-state index is 0.122. The van der Waals surface area contributed by atoms with Crippen LogP contribution in [0.1, 0.15) is 16.3 Å². The second kappa shape index (κ2) is 4.29. The second-order valence-electron chi connectivity index (χ2n) is 3.56. The van der Waals surface area contributed by atoms with Crippen LogP contribution in [0, 0.1) is 12.7 Å². The molecule has 0 radical (unpaired) electrons. The van der Waals surface area contributed by atoms with Gasteiger partial charge >= 0.3 is 0 Å². The molecule has 0 atom stereocenters. The highest BCUT2D eigenvalue weighted by Gasteiger charge is 2.08. The first-order valence-electron chi connectivity index (χ1n) is 4.97. The maximum absolute atomic E-state index is 13.1. The van der Waals surface area contributed by atoms with Crippen LogP contribution < -0.4 is 5.73 Å². The summed E-state index contributed by atoms with van der Waals surface area (Å²) in [5.41, 5.74) is 6.34. The van der Waals surface area contributed by atoms with Crippen LogP contribution in [0.2, 0.25) is 0 Å². The molecular formula is C12H10FN3O. The van der Waals surface area contributed by atoms with E-state index in [0.717, 1.165) is 0 Å². The summed E-state index contributed by atoms with van der Waals surface area (Å²) < 4.78 is 13.1. The standard InChI is InChI=1S/C12H10FN3O/c1-7-15-10(6-11(16-7)12(14)17)8-3-2-4-9(13)5-8/h2-6H,1H3,(H2,14,17). The van der Waals surface area contributed by atoms with Crippen molar-refractivity contribution >= 4 is 5.91 Å². The van der Waals surface area contributed by atoms with Gasteiger partial charge in [0.25, 0.3) is 5.91 Å². The van der Waals surface area contributed by atoms with Gasteiger partial charge in [0, 0.05) is 5.56 Å². The van der Waals surface area contributed by atoms with Crippen molar-refractivity contribution in [2.75, 3.05) is 0 Å². The van der Waals surface area contributed by atoms with E-state index in [4.69, 9.17) is 5.73 Å². The first kappa shape index (κ1) is 11.2. The van der Waals surface area contributed by atoms with Crippen molar-refractivity contribution in [3.8, 4) is 11.3 Å². The van der Waals surface area contributed by atoms with Gasteiger partial charge in [0.2, 0.25) is 0 Å². The summed E-state index contributed by atoms with van der Waals surface area (Å²) in [5, 5.41) is 0. The molecule has 0 unspecified atom stereocenters. The fourth-order valence-electron chi connectivity index (χ4n) is 1.49. The molecule has 86 valence electrons. The van der Waals surface area contributed by atoms with Crippen molar-refractivity contribution in [1.82, 2.24) is 9.97 Å². The van der Waals surface area contributed by atoms with Crippen LogP contribution in [0.25, 0.3) is 11.3 Å². The lowest BCUT2D eigenvalue weighted by molar-refractivity contribution is 0.0995. The Labute approximate surface area is 97.3 Å². The second-order valence-corrected chi connectivity index (χ2v) is 3.56. The zero-order valence-corrected chi connectivity index (χ0v) is 9.14. The Kier molecular flexibility index (Phi) is 2.82. The summed E-state index contributed by atoms with van der Waals surface area (Å²) in [5.74, 6) is -0.576. The van der Waals surface area contributed by atoms with Gasteiger partial charge in [0.1, 0.15) is 17.3 Å². The van der Waals surface area contributed by atoms with Gasteiger partial charge in [-0.3, -0.25) is 4.79 Å². The summed E-state index contributed by atoms with van der Waals surface area (Å²) in [7, 11) is 0. The molecule has 1 heterocycles. The summed E-state index contributed by atoms with van der Waals surface area (Å²) in [4.78, 5) is 19.1. The maximum atomic E-state index is 13.1. The monoisotopic (exact) mass is 231 g/mol. The lowest BCUT2D eigenvalue weighted by Crippen LogP contribution is -2.14. The van der Waals surface area contributed by atoms with Crippen LogP contribution in [0.3, 0.4) is 0 Å². The van der Waals surface area contributed by atoms with Crippen LogP contribution in [0.5, 0.6) is 0 Å². The third-order valence-electron chi connectivity index (χ3n) is 2.21. The number of halogens is 1. The molecule has 0 aliphatic rings. The lowest BCUT2D eigenvalue weighted by atomic mass is 10.1. The Balaban J connectivity index is 2.56. The molecule has 0 aliphatic carbocycles. The van der Waals surface area contributed by atoms with E-state index in [1.54, 1.807) is 19.1 Å².